The first kappa shape index (κ1) is 14.9. The molecule has 0 radical (unpaired) electrons. The normalized spacial score (nSPS) is 12.0. The van der Waals surface area contributed by atoms with Gasteiger partial charge in [-0.25, -0.2) is 0 Å². The first-order valence-corrected chi connectivity index (χ1v) is 6.65. The van der Waals surface area contributed by atoms with Gasteiger partial charge in [0.25, 0.3) is 0 Å². The van der Waals surface area contributed by atoms with Crippen molar-refractivity contribution in [2.24, 2.45) is 0 Å². The van der Waals surface area contributed by atoms with Crippen molar-refractivity contribution >= 4 is 0 Å². The van der Waals surface area contributed by atoms with E-state index in [9.17, 15) is 0 Å². The molecule has 0 heterocycles. The van der Waals surface area contributed by atoms with Crippen LogP contribution < -0.4 is 5.32 Å². The van der Waals surface area contributed by atoms with Crippen LogP contribution in [0.15, 0.2) is 0 Å². The molecule has 0 aromatic carbocycles. The van der Waals surface area contributed by atoms with E-state index in [4.69, 9.17) is 0 Å². The molecule has 15 heavy (non-hydrogen) atoms. The second-order valence-electron chi connectivity index (χ2n) is 5.19. The smallest absolute Gasteiger partial charge is 0.0794 e. The van der Waals surface area contributed by atoms with E-state index in [1.54, 1.807) is 0 Å². The van der Waals surface area contributed by atoms with Gasteiger partial charge in [-0.15, -0.1) is 0 Å². The molecule has 0 rings (SSSR count). The van der Waals surface area contributed by atoms with Gasteiger partial charge in [0.1, 0.15) is 0 Å². The first-order chi connectivity index (χ1) is 7.12. The summed E-state index contributed by atoms with van der Waals surface area (Å²) >= 11 is 0. The number of unbranched alkanes of at least 4 members (excludes halogenated alkanes) is 2. The van der Waals surface area contributed by atoms with Crippen molar-refractivity contribution in [1.29, 1.82) is 0 Å². The molecule has 0 atom stereocenters. The maximum atomic E-state index is 3.52. The van der Waals surface area contributed by atoms with Crippen LogP contribution >= 0.6 is 0 Å². The maximum absolute atomic E-state index is 3.52. The number of quaternary nitrogens is 1. The summed E-state index contributed by atoms with van der Waals surface area (Å²) in [4.78, 5) is 0. The van der Waals surface area contributed by atoms with Crippen molar-refractivity contribution in [3.63, 3.8) is 0 Å². The largest absolute Gasteiger partial charge is 0.328 e. The van der Waals surface area contributed by atoms with Crippen LogP contribution in [-0.2, 0) is 0 Å². The Morgan fingerprint density at radius 1 is 0.800 bits per heavy atom. The Labute approximate surface area is 96.6 Å². The number of hydrogen-bond donors (Lipinski definition) is 1. The number of hydrogen-bond acceptors (Lipinski definition) is 1. The minimum Gasteiger partial charge on any atom is -0.328 e. The fourth-order valence-corrected chi connectivity index (χ4v) is 1.97. The minimum atomic E-state index is 1.17. The maximum Gasteiger partial charge on any atom is 0.0794 e. The van der Waals surface area contributed by atoms with E-state index < -0.39 is 0 Å². The summed E-state index contributed by atoms with van der Waals surface area (Å²) in [7, 11) is 4.67. The Morgan fingerprint density at radius 3 is 2.07 bits per heavy atom. The summed E-state index contributed by atoms with van der Waals surface area (Å²) in [5, 5.41) is 3.52. The van der Waals surface area contributed by atoms with Crippen LogP contribution in [0.2, 0.25) is 0 Å². The molecule has 2 heteroatoms. The lowest BCUT2D eigenvalue weighted by atomic mass is 10.2. The lowest BCUT2D eigenvalue weighted by Crippen LogP contribution is -2.42. The summed E-state index contributed by atoms with van der Waals surface area (Å²) in [6.45, 7) is 9.52. The Morgan fingerprint density at radius 2 is 1.47 bits per heavy atom. The van der Waals surface area contributed by atoms with Crippen LogP contribution in [0, 0.1) is 0 Å². The highest BCUT2D eigenvalue weighted by Crippen LogP contribution is 2.00. The molecular weight excluding hydrogens is 184 g/mol. The highest BCUT2D eigenvalue weighted by atomic mass is 15.3. The van der Waals surface area contributed by atoms with Crippen LogP contribution in [0.25, 0.3) is 0 Å². The topological polar surface area (TPSA) is 12.0 Å². The predicted octanol–water partition coefficient (Wildman–Crippen LogP) is 2.64. The van der Waals surface area contributed by atoms with Crippen LogP contribution in [0.1, 0.15) is 46.0 Å². The molecular formula is C13H31N2+. The third kappa shape index (κ3) is 10.2. The van der Waals surface area contributed by atoms with Gasteiger partial charge in [0.2, 0.25) is 0 Å². The molecule has 0 aliphatic rings. The Balaban J connectivity index is 3.22. The van der Waals surface area contributed by atoms with E-state index in [1.807, 2.05) is 0 Å². The second kappa shape index (κ2) is 9.17. The standard InChI is InChI=1S/C13H31N2/c1-5-7-8-10-14-11-9-13-15(3,4)12-6-2/h14H,5-13H2,1-4H3/q+1. The summed E-state index contributed by atoms with van der Waals surface area (Å²) in [5.74, 6) is 0. The summed E-state index contributed by atoms with van der Waals surface area (Å²) < 4.78 is 1.17. The highest BCUT2D eigenvalue weighted by Gasteiger charge is 2.11. The Kier molecular flexibility index (Phi) is 9.12. The zero-order valence-electron chi connectivity index (χ0n) is 11.3. The van der Waals surface area contributed by atoms with Crippen molar-refractivity contribution in [3.05, 3.63) is 0 Å². The van der Waals surface area contributed by atoms with Crippen molar-refractivity contribution in [2.45, 2.75) is 46.0 Å². The van der Waals surface area contributed by atoms with E-state index in [0.717, 1.165) is 0 Å². The molecule has 2 nitrogen and oxygen atoms in total. The van der Waals surface area contributed by atoms with Gasteiger partial charge in [-0.1, -0.05) is 26.7 Å². The first-order valence-electron chi connectivity index (χ1n) is 6.65. The van der Waals surface area contributed by atoms with Gasteiger partial charge in [-0.3, -0.25) is 0 Å². The van der Waals surface area contributed by atoms with Crippen LogP contribution in [0.3, 0.4) is 0 Å². The molecule has 0 unspecified atom stereocenters. The number of nitrogens with one attached hydrogen (secondary N) is 1. The Bertz CT molecular complexity index is 132. The molecule has 92 valence electrons. The van der Waals surface area contributed by atoms with Gasteiger partial charge >= 0.3 is 0 Å². The van der Waals surface area contributed by atoms with E-state index in [1.165, 1.54) is 62.8 Å². The fraction of sp³-hybridized carbons (Fsp3) is 1.00. The zero-order valence-corrected chi connectivity index (χ0v) is 11.3. The van der Waals surface area contributed by atoms with Crippen LogP contribution in [0.5, 0.6) is 0 Å². The average Bonchev–Trinajstić information content (AvgIpc) is 2.16. The van der Waals surface area contributed by atoms with E-state index in [-0.39, 0.29) is 0 Å². The van der Waals surface area contributed by atoms with Crippen LogP contribution in [-0.4, -0.2) is 44.8 Å². The molecule has 0 amide bonds. The van der Waals surface area contributed by atoms with Gasteiger partial charge in [-0.05, 0) is 19.4 Å². The molecule has 0 saturated heterocycles. The predicted molar refractivity (Wildman–Crippen MR) is 69.1 cm³/mol. The molecule has 0 aliphatic heterocycles. The van der Waals surface area contributed by atoms with E-state index >= 15 is 0 Å². The lowest BCUT2D eigenvalue weighted by Gasteiger charge is -2.29. The van der Waals surface area contributed by atoms with Crippen molar-refractivity contribution in [3.8, 4) is 0 Å². The molecule has 0 aromatic heterocycles. The van der Waals surface area contributed by atoms with Gasteiger partial charge in [0.15, 0.2) is 0 Å². The molecule has 1 N–H and O–H groups in total. The average molecular weight is 215 g/mol. The van der Waals surface area contributed by atoms with E-state index in [2.05, 4.69) is 33.3 Å². The van der Waals surface area contributed by atoms with Crippen LogP contribution in [0.4, 0.5) is 0 Å². The lowest BCUT2D eigenvalue weighted by molar-refractivity contribution is -0.890. The number of nitrogens with zero attached hydrogens (tertiary/aromatic N) is 1. The van der Waals surface area contributed by atoms with Gasteiger partial charge in [-0.2, -0.15) is 0 Å². The molecule has 0 fully saturated rings. The van der Waals surface area contributed by atoms with Crippen molar-refractivity contribution in [1.82, 2.24) is 5.32 Å². The molecule has 0 spiro atoms. The zero-order chi connectivity index (χ0) is 11.6. The molecule has 0 aromatic rings. The SMILES string of the molecule is CCCCCNCCC[N+](C)(C)CCC. The number of rotatable bonds is 10. The molecule has 0 bridgehead atoms. The summed E-state index contributed by atoms with van der Waals surface area (Å²) in [6, 6.07) is 0. The third-order valence-corrected chi connectivity index (χ3v) is 2.90. The Hall–Kier alpha value is -0.0800. The minimum absolute atomic E-state index is 1.17. The highest BCUT2D eigenvalue weighted by molar-refractivity contribution is 4.48. The van der Waals surface area contributed by atoms with Crippen molar-refractivity contribution < 1.29 is 4.48 Å². The second-order valence-corrected chi connectivity index (χ2v) is 5.19. The fourth-order valence-electron chi connectivity index (χ4n) is 1.97. The monoisotopic (exact) mass is 215 g/mol. The quantitative estimate of drug-likeness (QED) is 0.436. The van der Waals surface area contributed by atoms with Gasteiger partial charge < -0.3 is 9.80 Å². The summed E-state index contributed by atoms with van der Waals surface area (Å²) in [5.41, 5.74) is 0. The van der Waals surface area contributed by atoms with Gasteiger partial charge in [0, 0.05) is 13.0 Å². The van der Waals surface area contributed by atoms with E-state index in [0.29, 0.717) is 0 Å². The molecule has 0 saturated carbocycles. The molecule has 0 aliphatic carbocycles. The van der Waals surface area contributed by atoms with Crippen molar-refractivity contribution in [2.75, 3.05) is 40.3 Å². The third-order valence-electron chi connectivity index (χ3n) is 2.90. The van der Waals surface area contributed by atoms with Gasteiger partial charge in [0.05, 0.1) is 27.2 Å². The summed E-state index contributed by atoms with van der Waals surface area (Å²) in [6.07, 6.45) is 6.62.